The lowest BCUT2D eigenvalue weighted by atomic mass is 10.1. The molecule has 9 nitrogen and oxygen atoms in total. The highest BCUT2D eigenvalue weighted by Crippen LogP contribution is 2.33. The summed E-state index contributed by atoms with van der Waals surface area (Å²) >= 11 is 2.61. The number of ether oxygens (including phenoxy) is 2. The molecule has 0 spiro atoms. The van der Waals surface area contributed by atoms with Crippen LogP contribution in [0.4, 0.5) is 0 Å². The fourth-order valence-electron chi connectivity index (χ4n) is 3.76. The minimum Gasteiger partial charge on any atom is -0.493 e. The van der Waals surface area contributed by atoms with Crippen LogP contribution in [0.5, 0.6) is 11.5 Å². The van der Waals surface area contributed by atoms with Crippen molar-refractivity contribution in [3.63, 3.8) is 0 Å². The van der Waals surface area contributed by atoms with Crippen LogP contribution in [0.25, 0.3) is 6.08 Å². The van der Waals surface area contributed by atoms with E-state index in [1.165, 1.54) is 41.6 Å². The number of carbonyl (C=O) groups excluding carboxylic acids is 2. The number of piperidine rings is 1. The molecule has 3 aliphatic heterocycles. The minimum absolute atomic E-state index is 0.0262. The Kier molecular flexibility index (Phi) is 6.20. The van der Waals surface area contributed by atoms with E-state index in [-0.39, 0.29) is 17.2 Å². The number of thioether (sulfide) groups is 1. The van der Waals surface area contributed by atoms with Gasteiger partial charge in [-0.15, -0.1) is 16.4 Å². The van der Waals surface area contributed by atoms with Crippen molar-refractivity contribution in [1.82, 2.24) is 9.91 Å². The topological polar surface area (TPSA) is 108 Å². The SMILES string of the molecule is COc1cc(/C=C2/C(=N)N3N=C(N4CCCCC4)SC3=NC2=O)ccc1OC(=O)c1cccs1. The van der Waals surface area contributed by atoms with E-state index in [0.29, 0.717) is 21.4 Å². The van der Waals surface area contributed by atoms with Gasteiger partial charge in [-0.2, -0.15) is 10.0 Å². The van der Waals surface area contributed by atoms with Crippen molar-refractivity contribution >= 4 is 57.2 Å². The third kappa shape index (κ3) is 4.36. The van der Waals surface area contributed by atoms with Gasteiger partial charge in [0.25, 0.3) is 5.91 Å². The number of nitrogens with one attached hydrogen (secondary N) is 1. The lowest BCUT2D eigenvalue weighted by Gasteiger charge is -2.26. The first-order valence-corrected chi connectivity index (χ1v) is 12.4. The maximum atomic E-state index is 12.7. The van der Waals surface area contributed by atoms with Crippen molar-refractivity contribution in [3.8, 4) is 11.5 Å². The number of fused-ring (bicyclic) bond motifs is 1. The van der Waals surface area contributed by atoms with Crippen LogP contribution in [0.15, 0.2) is 51.4 Å². The molecule has 0 unspecified atom stereocenters. The number of nitrogens with zero attached hydrogens (tertiary/aromatic N) is 4. The molecule has 1 fully saturated rings. The summed E-state index contributed by atoms with van der Waals surface area (Å²) < 4.78 is 10.8. The molecule has 1 N–H and O–H groups in total. The fraction of sp³-hybridized carbons (Fsp3) is 0.261. The number of hydrogen-bond acceptors (Lipinski definition) is 9. The van der Waals surface area contributed by atoms with Crippen LogP contribution in [0.2, 0.25) is 0 Å². The molecule has 174 valence electrons. The van der Waals surface area contributed by atoms with Crippen molar-refractivity contribution in [1.29, 1.82) is 5.41 Å². The number of benzene rings is 1. The zero-order chi connectivity index (χ0) is 23.7. The van der Waals surface area contributed by atoms with E-state index in [9.17, 15) is 9.59 Å². The van der Waals surface area contributed by atoms with Crippen LogP contribution in [-0.4, -0.2) is 58.2 Å². The van der Waals surface area contributed by atoms with E-state index >= 15 is 0 Å². The second kappa shape index (κ2) is 9.43. The molecule has 2 aromatic rings. The fourth-order valence-corrected chi connectivity index (χ4v) is 5.31. The Balaban J connectivity index is 1.38. The van der Waals surface area contributed by atoms with Crippen molar-refractivity contribution in [2.24, 2.45) is 10.1 Å². The van der Waals surface area contributed by atoms with Gasteiger partial charge in [-0.3, -0.25) is 10.2 Å². The van der Waals surface area contributed by atoms with Gasteiger partial charge in [0.15, 0.2) is 22.5 Å². The van der Waals surface area contributed by atoms with Crippen molar-refractivity contribution in [3.05, 3.63) is 51.7 Å². The maximum absolute atomic E-state index is 12.7. The number of methoxy groups -OCH3 is 1. The number of carbonyl (C=O) groups is 2. The summed E-state index contributed by atoms with van der Waals surface area (Å²) in [5.74, 6) is -0.396. The average molecular weight is 496 g/mol. The molecule has 3 aliphatic rings. The first kappa shape index (κ1) is 22.4. The van der Waals surface area contributed by atoms with Crippen molar-refractivity contribution in [2.45, 2.75) is 19.3 Å². The van der Waals surface area contributed by atoms with Crippen LogP contribution >= 0.6 is 23.1 Å². The zero-order valence-electron chi connectivity index (χ0n) is 18.3. The van der Waals surface area contributed by atoms with Gasteiger partial charge in [0.1, 0.15) is 4.88 Å². The van der Waals surface area contributed by atoms with E-state index in [2.05, 4.69) is 15.0 Å². The summed E-state index contributed by atoms with van der Waals surface area (Å²) in [5.41, 5.74) is 0.727. The van der Waals surface area contributed by atoms with Gasteiger partial charge in [-0.1, -0.05) is 12.1 Å². The maximum Gasteiger partial charge on any atom is 0.353 e. The largest absolute Gasteiger partial charge is 0.493 e. The van der Waals surface area contributed by atoms with E-state index < -0.39 is 11.9 Å². The summed E-state index contributed by atoms with van der Waals surface area (Å²) in [6.45, 7) is 1.83. The van der Waals surface area contributed by atoms with Gasteiger partial charge in [-0.05, 0) is 66.2 Å². The van der Waals surface area contributed by atoms with Gasteiger partial charge in [0.05, 0.1) is 12.7 Å². The first-order valence-electron chi connectivity index (χ1n) is 10.7. The zero-order valence-corrected chi connectivity index (χ0v) is 19.9. The highest BCUT2D eigenvalue weighted by Gasteiger charge is 2.37. The molecule has 4 heterocycles. The van der Waals surface area contributed by atoms with Gasteiger partial charge in [-0.25, -0.2) is 4.79 Å². The molecule has 0 bridgehead atoms. The van der Waals surface area contributed by atoms with E-state index in [1.54, 1.807) is 41.8 Å². The Morgan fingerprint density at radius 2 is 1.97 bits per heavy atom. The molecular weight excluding hydrogens is 474 g/mol. The number of esters is 1. The summed E-state index contributed by atoms with van der Waals surface area (Å²) in [6, 6.07) is 8.39. The number of likely N-dealkylation sites (tertiary alicyclic amines) is 1. The van der Waals surface area contributed by atoms with Gasteiger partial charge in [0.2, 0.25) is 5.17 Å². The Hall–Kier alpha value is -3.44. The number of aliphatic imine (C=N–C) groups is 1. The molecule has 0 radical (unpaired) electrons. The van der Waals surface area contributed by atoms with E-state index in [0.717, 1.165) is 31.1 Å². The predicted octanol–water partition coefficient (Wildman–Crippen LogP) is 4.04. The molecule has 0 atom stereocenters. The summed E-state index contributed by atoms with van der Waals surface area (Å²) in [5, 5.41) is 17.5. The third-order valence-corrected chi connectivity index (χ3v) is 7.31. The number of hydrogen-bond donors (Lipinski definition) is 1. The smallest absolute Gasteiger partial charge is 0.353 e. The average Bonchev–Trinajstić information content (AvgIpc) is 3.54. The van der Waals surface area contributed by atoms with E-state index in [1.807, 2.05) is 0 Å². The molecular formula is C23H21N5O4S2. The molecule has 5 rings (SSSR count). The normalized spacial score (nSPS) is 19.1. The van der Waals surface area contributed by atoms with Crippen LogP contribution < -0.4 is 9.47 Å². The molecule has 1 aromatic heterocycles. The number of amides is 1. The second-order valence-corrected chi connectivity index (χ2v) is 9.61. The summed E-state index contributed by atoms with van der Waals surface area (Å²) in [6.07, 6.45) is 4.98. The Bertz CT molecular complexity index is 1250. The molecule has 0 aliphatic carbocycles. The second-order valence-electron chi connectivity index (χ2n) is 7.73. The number of amidine groups is 3. The van der Waals surface area contributed by atoms with Gasteiger partial charge >= 0.3 is 5.97 Å². The number of rotatable bonds is 4. The monoisotopic (exact) mass is 495 g/mol. The lowest BCUT2D eigenvalue weighted by molar-refractivity contribution is -0.114. The van der Waals surface area contributed by atoms with Crippen molar-refractivity contribution in [2.75, 3.05) is 20.2 Å². The highest BCUT2D eigenvalue weighted by molar-refractivity contribution is 8.26. The van der Waals surface area contributed by atoms with Crippen LogP contribution in [0, 0.1) is 5.41 Å². The third-order valence-electron chi connectivity index (χ3n) is 5.49. The number of hydrazone groups is 1. The molecule has 0 saturated carbocycles. The van der Waals surface area contributed by atoms with E-state index in [4.69, 9.17) is 14.9 Å². The summed E-state index contributed by atoms with van der Waals surface area (Å²) in [7, 11) is 1.47. The Labute approximate surface area is 204 Å². The lowest BCUT2D eigenvalue weighted by Crippen LogP contribution is -2.35. The molecule has 1 amide bonds. The number of thiophene rings is 1. The first-order chi connectivity index (χ1) is 16.5. The predicted molar refractivity (Wildman–Crippen MR) is 133 cm³/mol. The quantitative estimate of drug-likeness (QED) is 0.387. The molecule has 34 heavy (non-hydrogen) atoms. The van der Waals surface area contributed by atoms with Crippen LogP contribution in [0.1, 0.15) is 34.5 Å². The minimum atomic E-state index is -0.494. The molecule has 1 saturated heterocycles. The highest BCUT2D eigenvalue weighted by atomic mass is 32.2. The Morgan fingerprint density at radius 1 is 1.15 bits per heavy atom. The van der Waals surface area contributed by atoms with Crippen LogP contribution in [0.3, 0.4) is 0 Å². The van der Waals surface area contributed by atoms with Gasteiger partial charge < -0.3 is 14.4 Å². The Morgan fingerprint density at radius 3 is 2.71 bits per heavy atom. The molecule has 11 heteroatoms. The molecule has 1 aromatic carbocycles. The standard InChI is InChI=1S/C23H21N5O4S2/c1-31-17-13-14(7-8-16(17)32-21(30)18-6-5-11-33-18)12-15-19(24)28-22(25-20(15)29)34-23(26-28)27-9-3-2-4-10-27/h5-8,11-13,24H,2-4,9-10H2,1H3/b15-12-,24-19?. The summed E-state index contributed by atoms with van der Waals surface area (Å²) in [4.78, 5) is 31.8. The van der Waals surface area contributed by atoms with Gasteiger partial charge in [0, 0.05) is 13.1 Å². The van der Waals surface area contributed by atoms with Crippen molar-refractivity contribution < 1.29 is 19.1 Å². The van der Waals surface area contributed by atoms with Crippen LogP contribution in [-0.2, 0) is 4.79 Å².